The highest BCUT2D eigenvalue weighted by Gasteiger charge is 2.42. The zero-order valence-corrected chi connectivity index (χ0v) is 16.3. The minimum Gasteiger partial charge on any atom is -0.336 e. The van der Waals surface area contributed by atoms with Crippen LogP contribution >= 0.6 is 11.7 Å². The second-order valence-electron chi connectivity index (χ2n) is 7.55. The fourth-order valence-electron chi connectivity index (χ4n) is 3.94. The van der Waals surface area contributed by atoms with Crippen LogP contribution in [0.1, 0.15) is 36.5 Å². The number of aromatic nitrogens is 2. The van der Waals surface area contributed by atoms with Gasteiger partial charge in [0.25, 0.3) is 5.91 Å². The monoisotopic (exact) mass is 384 g/mol. The molecule has 0 spiro atoms. The van der Waals surface area contributed by atoms with Crippen LogP contribution in [0.5, 0.6) is 0 Å². The Morgan fingerprint density at radius 3 is 2.89 bits per heavy atom. The molecule has 1 aliphatic carbocycles. The number of nitrogens with zero attached hydrogens (tertiary/aromatic N) is 4. The molecule has 2 atom stereocenters. The molecular formula is C20H24N4O2S. The summed E-state index contributed by atoms with van der Waals surface area (Å²) >= 11 is 1.13. The second kappa shape index (κ2) is 7.38. The molecule has 142 valence electrons. The van der Waals surface area contributed by atoms with E-state index in [1.807, 2.05) is 34.9 Å². The molecule has 0 N–H and O–H groups in total. The highest BCUT2D eigenvalue weighted by molar-refractivity contribution is 7.00. The van der Waals surface area contributed by atoms with E-state index in [1.165, 1.54) is 0 Å². The summed E-state index contributed by atoms with van der Waals surface area (Å²) in [4.78, 5) is 29.9. The lowest BCUT2D eigenvalue weighted by Crippen LogP contribution is -2.58. The molecule has 1 saturated carbocycles. The lowest BCUT2D eigenvalue weighted by molar-refractivity contribution is -0.140. The van der Waals surface area contributed by atoms with E-state index >= 15 is 0 Å². The summed E-state index contributed by atoms with van der Waals surface area (Å²) in [7, 11) is 0. The largest absolute Gasteiger partial charge is 0.336 e. The third-order valence-electron chi connectivity index (χ3n) is 5.61. The van der Waals surface area contributed by atoms with E-state index in [1.54, 1.807) is 6.08 Å². The Labute approximate surface area is 163 Å². The Balaban J connectivity index is 1.53. The molecule has 6 nitrogen and oxygen atoms in total. The van der Waals surface area contributed by atoms with Gasteiger partial charge in [0.15, 0.2) is 0 Å². The Bertz CT molecular complexity index is 876. The molecular weight excluding hydrogens is 360 g/mol. The van der Waals surface area contributed by atoms with Gasteiger partial charge in [-0.25, -0.2) is 0 Å². The molecule has 2 heterocycles. The van der Waals surface area contributed by atoms with Gasteiger partial charge in [-0.1, -0.05) is 19.1 Å². The molecule has 1 saturated heterocycles. The van der Waals surface area contributed by atoms with E-state index in [9.17, 15) is 9.59 Å². The Kier molecular flexibility index (Phi) is 4.95. The number of rotatable bonds is 5. The summed E-state index contributed by atoms with van der Waals surface area (Å²) in [6.07, 6.45) is 4.76. The average Bonchev–Trinajstić information content (AvgIpc) is 3.42. The molecule has 2 fully saturated rings. The average molecular weight is 385 g/mol. The van der Waals surface area contributed by atoms with Gasteiger partial charge in [0, 0.05) is 25.6 Å². The van der Waals surface area contributed by atoms with Gasteiger partial charge >= 0.3 is 0 Å². The Hall–Kier alpha value is -2.28. The van der Waals surface area contributed by atoms with Crippen molar-refractivity contribution in [3.63, 3.8) is 0 Å². The predicted molar refractivity (Wildman–Crippen MR) is 106 cm³/mol. The van der Waals surface area contributed by atoms with Crippen molar-refractivity contribution in [2.24, 2.45) is 11.8 Å². The van der Waals surface area contributed by atoms with E-state index < -0.39 is 0 Å². The standard InChI is InChI=1S/C20H24N4O2S/c1-3-5-13(2)19(25)24-11-10-23(12-17(24)14-8-9-14)20(26)15-6-4-7-16-18(15)22-27-21-16/h3-4,6-7,13-14,17H,1,5,8-12H2,2H3. The molecule has 0 radical (unpaired) electrons. The molecule has 1 aromatic heterocycles. The molecule has 7 heteroatoms. The van der Waals surface area contributed by atoms with Gasteiger partial charge in [-0.3, -0.25) is 9.59 Å². The van der Waals surface area contributed by atoms with Crippen molar-refractivity contribution in [3.8, 4) is 0 Å². The van der Waals surface area contributed by atoms with Crippen LogP contribution in [0.2, 0.25) is 0 Å². The lowest BCUT2D eigenvalue weighted by Gasteiger charge is -2.42. The van der Waals surface area contributed by atoms with Crippen LogP contribution in [-0.2, 0) is 4.79 Å². The number of hydrogen-bond acceptors (Lipinski definition) is 5. The van der Waals surface area contributed by atoms with Crippen LogP contribution in [0.3, 0.4) is 0 Å². The van der Waals surface area contributed by atoms with E-state index in [0.29, 0.717) is 43.1 Å². The normalized spacial score (nSPS) is 21.3. The third-order valence-corrected chi connectivity index (χ3v) is 6.16. The number of hydrogen-bond donors (Lipinski definition) is 0. The zero-order valence-electron chi connectivity index (χ0n) is 15.5. The topological polar surface area (TPSA) is 66.4 Å². The highest BCUT2D eigenvalue weighted by atomic mass is 32.1. The van der Waals surface area contributed by atoms with Crippen molar-refractivity contribution in [3.05, 3.63) is 36.4 Å². The number of allylic oxidation sites excluding steroid dienone is 1. The number of piperazine rings is 1. The molecule has 2 aliphatic rings. The van der Waals surface area contributed by atoms with Crippen LogP contribution in [-0.4, -0.2) is 56.0 Å². The maximum atomic E-state index is 13.2. The van der Waals surface area contributed by atoms with Crippen molar-refractivity contribution in [2.45, 2.75) is 32.2 Å². The Morgan fingerprint density at radius 1 is 1.33 bits per heavy atom. The van der Waals surface area contributed by atoms with Gasteiger partial charge in [-0.2, -0.15) is 8.75 Å². The molecule has 2 aromatic rings. The van der Waals surface area contributed by atoms with E-state index in [4.69, 9.17) is 0 Å². The van der Waals surface area contributed by atoms with Crippen molar-refractivity contribution < 1.29 is 9.59 Å². The quantitative estimate of drug-likeness (QED) is 0.744. The van der Waals surface area contributed by atoms with Crippen molar-refractivity contribution in [2.75, 3.05) is 19.6 Å². The lowest BCUT2D eigenvalue weighted by atomic mass is 10.0. The Morgan fingerprint density at radius 2 is 2.15 bits per heavy atom. The molecule has 4 rings (SSSR count). The number of benzene rings is 1. The van der Waals surface area contributed by atoms with Crippen LogP contribution in [0, 0.1) is 11.8 Å². The molecule has 2 unspecified atom stereocenters. The summed E-state index contributed by atoms with van der Waals surface area (Å²) in [5.41, 5.74) is 2.04. The van der Waals surface area contributed by atoms with Crippen LogP contribution in [0.25, 0.3) is 11.0 Å². The number of carbonyl (C=O) groups is 2. The maximum Gasteiger partial charge on any atom is 0.256 e. The summed E-state index contributed by atoms with van der Waals surface area (Å²) in [6.45, 7) is 7.46. The first kappa shape index (κ1) is 18.1. The minimum absolute atomic E-state index is 0.00908. The maximum absolute atomic E-state index is 13.2. The summed E-state index contributed by atoms with van der Waals surface area (Å²) in [5.74, 6) is 0.632. The molecule has 0 bridgehead atoms. The summed E-state index contributed by atoms with van der Waals surface area (Å²) in [5, 5.41) is 0. The van der Waals surface area contributed by atoms with E-state index in [2.05, 4.69) is 15.3 Å². The third kappa shape index (κ3) is 3.48. The highest BCUT2D eigenvalue weighted by Crippen LogP contribution is 2.38. The zero-order chi connectivity index (χ0) is 19.0. The number of fused-ring (bicyclic) bond motifs is 1. The van der Waals surface area contributed by atoms with Gasteiger partial charge in [0.1, 0.15) is 11.0 Å². The SMILES string of the molecule is C=CCC(C)C(=O)N1CCN(C(=O)c2cccc3nsnc23)CC1C1CC1. The van der Waals surface area contributed by atoms with Gasteiger partial charge in [0.2, 0.25) is 5.91 Å². The first-order valence-corrected chi connectivity index (χ1v) is 10.2. The second-order valence-corrected chi connectivity index (χ2v) is 8.08. The molecule has 1 aromatic carbocycles. The van der Waals surface area contributed by atoms with Crippen molar-refractivity contribution in [1.29, 1.82) is 0 Å². The number of amides is 2. The fraction of sp³-hybridized carbons (Fsp3) is 0.500. The van der Waals surface area contributed by atoms with Crippen LogP contribution < -0.4 is 0 Å². The fourth-order valence-corrected chi connectivity index (χ4v) is 4.49. The van der Waals surface area contributed by atoms with Crippen LogP contribution in [0.15, 0.2) is 30.9 Å². The van der Waals surface area contributed by atoms with Crippen molar-refractivity contribution in [1.82, 2.24) is 18.5 Å². The van der Waals surface area contributed by atoms with Gasteiger partial charge in [0.05, 0.1) is 23.3 Å². The number of carbonyl (C=O) groups excluding carboxylic acids is 2. The van der Waals surface area contributed by atoms with Gasteiger partial charge in [-0.15, -0.1) is 6.58 Å². The smallest absolute Gasteiger partial charge is 0.256 e. The van der Waals surface area contributed by atoms with Crippen molar-refractivity contribution >= 4 is 34.6 Å². The molecule has 1 aliphatic heterocycles. The minimum atomic E-state index is -0.0548. The van der Waals surface area contributed by atoms with Crippen LogP contribution in [0.4, 0.5) is 0 Å². The summed E-state index contributed by atoms with van der Waals surface area (Å²) < 4.78 is 8.53. The first-order valence-electron chi connectivity index (χ1n) is 9.52. The predicted octanol–water partition coefficient (Wildman–Crippen LogP) is 2.97. The van der Waals surface area contributed by atoms with E-state index in [-0.39, 0.29) is 23.8 Å². The van der Waals surface area contributed by atoms with Gasteiger partial charge < -0.3 is 9.80 Å². The molecule has 27 heavy (non-hydrogen) atoms. The summed E-state index contributed by atoms with van der Waals surface area (Å²) in [6, 6.07) is 5.67. The van der Waals surface area contributed by atoms with E-state index in [0.717, 1.165) is 30.1 Å². The van der Waals surface area contributed by atoms with Gasteiger partial charge in [-0.05, 0) is 37.3 Å². The first-order chi connectivity index (χ1) is 13.1. The molecule has 2 amide bonds.